The SMILES string of the molecule is c1ccc(-c2cc(-n3c4ccccc4c4c5c6ccccc6n(-c6ccccc6)c5ccc43)ccc2-c2nc3ccccc3nc2-c2ccccc2)cc1. The predicted octanol–water partition coefficient (Wildman–Crippen LogP) is 12.8. The summed E-state index contributed by atoms with van der Waals surface area (Å²) in [5.41, 5.74) is 14.7. The minimum Gasteiger partial charge on any atom is -0.309 e. The van der Waals surface area contributed by atoms with Gasteiger partial charge in [-0.25, -0.2) is 9.97 Å². The van der Waals surface area contributed by atoms with Crippen LogP contribution >= 0.6 is 0 Å². The molecule has 0 atom stereocenters. The smallest absolute Gasteiger partial charge is 0.0979 e. The van der Waals surface area contributed by atoms with Gasteiger partial charge in [0.1, 0.15) is 0 Å². The number of fused-ring (bicyclic) bond motifs is 8. The molecule has 3 heterocycles. The lowest BCUT2D eigenvalue weighted by Crippen LogP contribution is -1.99. The molecule has 4 nitrogen and oxygen atoms in total. The van der Waals surface area contributed by atoms with Crippen molar-refractivity contribution in [2.75, 3.05) is 0 Å². The standard InChI is InChI=1S/C50H32N4/c1-4-16-33(17-5-1)40-32-36(28-29-37(40)50-49(34-18-6-2-7-19-34)51-41-24-12-13-25-42(41)52-50)54-44-27-15-11-23-39(44)48-46(54)31-30-45-47(48)38-22-10-14-26-43(38)53(45)35-20-8-3-9-21-35/h1-32H. The second-order valence-corrected chi connectivity index (χ2v) is 13.8. The molecule has 0 aliphatic carbocycles. The average molecular weight is 689 g/mol. The van der Waals surface area contributed by atoms with E-state index in [4.69, 9.17) is 9.97 Å². The van der Waals surface area contributed by atoms with E-state index in [2.05, 4.69) is 173 Å². The molecular formula is C50H32N4. The van der Waals surface area contributed by atoms with Crippen molar-refractivity contribution < 1.29 is 0 Å². The van der Waals surface area contributed by atoms with Gasteiger partial charge in [-0.15, -0.1) is 0 Å². The van der Waals surface area contributed by atoms with Crippen molar-refractivity contribution in [1.29, 1.82) is 0 Å². The molecule has 3 aromatic heterocycles. The molecule has 54 heavy (non-hydrogen) atoms. The summed E-state index contributed by atoms with van der Waals surface area (Å²) < 4.78 is 4.83. The third kappa shape index (κ3) is 4.64. The first kappa shape index (κ1) is 30.3. The van der Waals surface area contributed by atoms with Gasteiger partial charge in [0.25, 0.3) is 0 Å². The average Bonchev–Trinajstić information content (AvgIpc) is 3.77. The Morgan fingerprint density at radius 3 is 1.41 bits per heavy atom. The minimum atomic E-state index is 0.864. The first-order chi connectivity index (χ1) is 26.8. The van der Waals surface area contributed by atoms with Gasteiger partial charge in [0.2, 0.25) is 0 Å². The van der Waals surface area contributed by atoms with Gasteiger partial charge >= 0.3 is 0 Å². The van der Waals surface area contributed by atoms with Crippen molar-refractivity contribution in [2.45, 2.75) is 0 Å². The Balaban J connectivity index is 1.21. The lowest BCUT2D eigenvalue weighted by Gasteiger charge is -2.17. The van der Waals surface area contributed by atoms with Gasteiger partial charge in [-0.1, -0.05) is 133 Å². The molecule has 0 fully saturated rings. The van der Waals surface area contributed by atoms with Crippen LogP contribution in [0.15, 0.2) is 194 Å². The van der Waals surface area contributed by atoms with Gasteiger partial charge in [0.15, 0.2) is 0 Å². The monoisotopic (exact) mass is 688 g/mol. The molecule has 0 saturated carbocycles. The van der Waals surface area contributed by atoms with Gasteiger partial charge < -0.3 is 9.13 Å². The van der Waals surface area contributed by atoms with E-state index < -0.39 is 0 Å². The second-order valence-electron chi connectivity index (χ2n) is 13.8. The van der Waals surface area contributed by atoms with Crippen LogP contribution < -0.4 is 0 Å². The maximum absolute atomic E-state index is 5.32. The molecule has 0 amide bonds. The zero-order chi connectivity index (χ0) is 35.6. The number of benzene rings is 8. The molecule has 0 unspecified atom stereocenters. The summed E-state index contributed by atoms with van der Waals surface area (Å²) >= 11 is 0. The highest BCUT2D eigenvalue weighted by molar-refractivity contribution is 6.29. The van der Waals surface area contributed by atoms with Gasteiger partial charge in [-0.05, 0) is 71.8 Å². The largest absolute Gasteiger partial charge is 0.309 e. The van der Waals surface area contributed by atoms with Crippen LogP contribution in [0.5, 0.6) is 0 Å². The quantitative estimate of drug-likeness (QED) is 0.180. The van der Waals surface area contributed by atoms with E-state index in [1.165, 1.54) is 43.6 Å². The molecule has 0 radical (unpaired) electrons. The van der Waals surface area contributed by atoms with Gasteiger partial charge in [0, 0.05) is 44.0 Å². The molecule has 252 valence electrons. The van der Waals surface area contributed by atoms with Crippen molar-refractivity contribution in [3.8, 4) is 45.0 Å². The van der Waals surface area contributed by atoms with Crippen molar-refractivity contribution in [3.05, 3.63) is 194 Å². The number of nitrogens with zero attached hydrogens (tertiary/aromatic N) is 4. The normalized spacial score (nSPS) is 11.7. The highest BCUT2D eigenvalue weighted by atomic mass is 15.0. The minimum absolute atomic E-state index is 0.864. The Bertz CT molecular complexity index is 3200. The fourth-order valence-corrected chi connectivity index (χ4v) is 8.37. The molecule has 0 N–H and O–H groups in total. The zero-order valence-electron chi connectivity index (χ0n) is 29.3. The first-order valence-corrected chi connectivity index (χ1v) is 18.3. The van der Waals surface area contributed by atoms with E-state index in [1.54, 1.807) is 0 Å². The Labute approximate surface area is 311 Å². The first-order valence-electron chi connectivity index (χ1n) is 18.3. The number of aromatic nitrogens is 4. The van der Waals surface area contributed by atoms with Crippen LogP contribution in [-0.4, -0.2) is 19.1 Å². The van der Waals surface area contributed by atoms with E-state index in [0.29, 0.717) is 0 Å². The van der Waals surface area contributed by atoms with Crippen molar-refractivity contribution in [2.24, 2.45) is 0 Å². The Kier molecular flexibility index (Phi) is 6.82. The Hall–Kier alpha value is -7.30. The fourth-order valence-electron chi connectivity index (χ4n) is 8.37. The Morgan fingerprint density at radius 1 is 0.315 bits per heavy atom. The molecule has 8 aromatic carbocycles. The lowest BCUT2D eigenvalue weighted by molar-refractivity contribution is 1.17. The highest BCUT2D eigenvalue weighted by Gasteiger charge is 2.22. The number of rotatable bonds is 5. The van der Waals surface area contributed by atoms with Crippen LogP contribution in [0.4, 0.5) is 0 Å². The second kappa shape index (κ2) is 12.1. The molecule has 0 bridgehead atoms. The third-order valence-corrected chi connectivity index (χ3v) is 10.7. The summed E-state index contributed by atoms with van der Waals surface area (Å²) in [5.74, 6) is 0. The summed E-state index contributed by atoms with van der Waals surface area (Å²) in [6, 6.07) is 68.9. The summed E-state index contributed by atoms with van der Waals surface area (Å²) in [7, 11) is 0. The van der Waals surface area contributed by atoms with Crippen LogP contribution in [0, 0.1) is 0 Å². The molecule has 0 aliphatic rings. The van der Waals surface area contributed by atoms with E-state index in [0.717, 1.165) is 56.0 Å². The number of hydrogen-bond acceptors (Lipinski definition) is 2. The van der Waals surface area contributed by atoms with Crippen molar-refractivity contribution in [1.82, 2.24) is 19.1 Å². The fraction of sp³-hybridized carbons (Fsp3) is 0. The molecule has 4 heteroatoms. The van der Waals surface area contributed by atoms with Gasteiger partial charge in [-0.2, -0.15) is 0 Å². The number of hydrogen-bond donors (Lipinski definition) is 0. The van der Waals surface area contributed by atoms with E-state index in [9.17, 15) is 0 Å². The topological polar surface area (TPSA) is 35.6 Å². The predicted molar refractivity (Wildman–Crippen MR) is 225 cm³/mol. The molecule has 0 spiro atoms. The lowest BCUT2D eigenvalue weighted by atomic mass is 9.94. The van der Waals surface area contributed by atoms with Crippen LogP contribution in [0.2, 0.25) is 0 Å². The molecule has 0 aliphatic heterocycles. The van der Waals surface area contributed by atoms with E-state index in [-0.39, 0.29) is 0 Å². The van der Waals surface area contributed by atoms with Crippen LogP contribution in [0.3, 0.4) is 0 Å². The number of para-hydroxylation sites is 5. The summed E-state index contributed by atoms with van der Waals surface area (Å²) in [6.07, 6.45) is 0. The Morgan fingerprint density at radius 2 is 0.796 bits per heavy atom. The van der Waals surface area contributed by atoms with Crippen LogP contribution in [0.1, 0.15) is 0 Å². The molecule has 0 saturated heterocycles. The molecule has 11 aromatic rings. The molecule has 11 rings (SSSR count). The summed E-state index contributed by atoms with van der Waals surface area (Å²) in [6.45, 7) is 0. The third-order valence-electron chi connectivity index (χ3n) is 10.7. The van der Waals surface area contributed by atoms with E-state index >= 15 is 0 Å². The van der Waals surface area contributed by atoms with Crippen molar-refractivity contribution in [3.63, 3.8) is 0 Å². The van der Waals surface area contributed by atoms with E-state index in [1.807, 2.05) is 30.3 Å². The summed E-state index contributed by atoms with van der Waals surface area (Å²) in [5, 5.41) is 4.99. The van der Waals surface area contributed by atoms with Crippen molar-refractivity contribution >= 4 is 54.6 Å². The van der Waals surface area contributed by atoms with Crippen LogP contribution in [-0.2, 0) is 0 Å². The maximum Gasteiger partial charge on any atom is 0.0979 e. The van der Waals surface area contributed by atoms with Gasteiger partial charge in [0.05, 0.1) is 44.5 Å². The highest BCUT2D eigenvalue weighted by Crippen LogP contribution is 2.44. The maximum atomic E-state index is 5.32. The molecular weight excluding hydrogens is 657 g/mol. The van der Waals surface area contributed by atoms with Gasteiger partial charge in [-0.3, -0.25) is 0 Å². The zero-order valence-corrected chi connectivity index (χ0v) is 29.3. The summed E-state index contributed by atoms with van der Waals surface area (Å²) in [4.78, 5) is 10.5. The van der Waals surface area contributed by atoms with Crippen LogP contribution in [0.25, 0.3) is 99.7 Å².